The number of anilines is 1. The number of nitrogens with one attached hydrogen (secondary N) is 1. The van der Waals surface area contributed by atoms with Crippen molar-refractivity contribution >= 4 is 44.5 Å². The summed E-state index contributed by atoms with van der Waals surface area (Å²) >= 11 is 5.01. The fraction of sp³-hybridized carbons (Fsp3) is 0.267. The van der Waals surface area contributed by atoms with Gasteiger partial charge < -0.3 is 5.32 Å². The quantitative estimate of drug-likeness (QED) is 0.592. The van der Waals surface area contributed by atoms with Gasteiger partial charge in [0.1, 0.15) is 5.69 Å². The maximum atomic E-state index is 12.3. The summed E-state index contributed by atoms with van der Waals surface area (Å²) in [5, 5.41) is 15.6. The Balaban J connectivity index is 2.03. The van der Waals surface area contributed by atoms with Crippen molar-refractivity contribution in [1.29, 1.82) is 0 Å². The highest BCUT2D eigenvalue weighted by atomic mass is 79.9. The van der Waals surface area contributed by atoms with E-state index >= 15 is 0 Å². The normalized spacial score (nSPS) is 12.2. The Bertz CT molecular complexity index is 719. The zero-order chi connectivity index (χ0) is 17.0. The molecule has 1 amide bonds. The molecule has 0 spiro atoms. The molecule has 0 bridgehead atoms. The second-order valence-corrected chi connectivity index (χ2v) is 7.00. The lowest BCUT2D eigenvalue weighted by atomic mass is 10.2. The Morgan fingerprint density at radius 3 is 2.78 bits per heavy atom. The van der Waals surface area contributed by atoms with Crippen molar-refractivity contribution < 1.29 is 9.72 Å². The predicted octanol–water partition coefficient (Wildman–Crippen LogP) is 3.88. The van der Waals surface area contributed by atoms with Crippen LogP contribution in [0.1, 0.15) is 11.8 Å². The van der Waals surface area contributed by atoms with Gasteiger partial charge in [-0.3, -0.25) is 19.8 Å². The highest BCUT2D eigenvalue weighted by Gasteiger charge is 2.22. The van der Waals surface area contributed by atoms with Crippen molar-refractivity contribution in [2.24, 2.45) is 0 Å². The Hall–Kier alpha value is -1.77. The molecule has 1 aromatic carbocycles. The summed E-state index contributed by atoms with van der Waals surface area (Å²) in [5.74, 6) is -0.280. The lowest BCUT2D eigenvalue weighted by molar-refractivity contribution is -0.383. The first-order valence-corrected chi connectivity index (χ1v) is 8.53. The Morgan fingerprint density at radius 1 is 1.48 bits per heavy atom. The number of benzene rings is 1. The molecule has 122 valence electrons. The largest absolute Gasteiger partial charge is 0.319 e. The fourth-order valence-corrected chi connectivity index (χ4v) is 3.51. The van der Waals surface area contributed by atoms with E-state index in [-0.39, 0.29) is 17.3 Å². The molecule has 0 fully saturated rings. The minimum absolute atomic E-state index is 0.113. The molecular weight excluding hydrogens is 382 g/mol. The summed E-state index contributed by atoms with van der Waals surface area (Å²) in [5.41, 5.74) is 0.0968. The number of carbonyl (C=O) groups excluding carboxylic acids is 1. The lowest BCUT2D eigenvalue weighted by Gasteiger charge is -2.23. The standard InChI is InChI=1S/C15H16BrN3O3S/c1-10(18(2)8-12-7-11(16)9-23-12)15(20)17-13-5-3-4-6-14(13)19(21)22/h3-7,9-10H,8H2,1-2H3,(H,17,20)/t10-/m1/s1. The monoisotopic (exact) mass is 397 g/mol. The van der Waals surface area contributed by atoms with Gasteiger partial charge in [0.25, 0.3) is 5.69 Å². The molecule has 1 atom stereocenters. The summed E-state index contributed by atoms with van der Waals surface area (Å²) in [7, 11) is 1.84. The maximum Gasteiger partial charge on any atom is 0.292 e. The van der Waals surface area contributed by atoms with Crippen LogP contribution in [0.25, 0.3) is 0 Å². The highest BCUT2D eigenvalue weighted by molar-refractivity contribution is 9.10. The first kappa shape index (κ1) is 17.6. The van der Waals surface area contributed by atoms with Crippen molar-refractivity contribution in [3.63, 3.8) is 0 Å². The molecule has 1 heterocycles. The first-order valence-electron chi connectivity index (χ1n) is 6.86. The third kappa shape index (κ3) is 4.60. The van der Waals surface area contributed by atoms with Gasteiger partial charge in [0, 0.05) is 27.3 Å². The van der Waals surface area contributed by atoms with E-state index in [4.69, 9.17) is 0 Å². The minimum atomic E-state index is -0.507. The van der Waals surface area contributed by atoms with Crippen LogP contribution in [-0.4, -0.2) is 28.8 Å². The lowest BCUT2D eigenvalue weighted by Crippen LogP contribution is -2.39. The number of hydrogen-bond acceptors (Lipinski definition) is 5. The van der Waals surface area contributed by atoms with Crippen LogP contribution in [0.5, 0.6) is 0 Å². The van der Waals surface area contributed by atoms with Crippen LogP contribution < -0.4 is 5.32 Å². The van der Waals surface area contributed by atoms with Crippen molar-refractivity contribution in [2.75, 3.05) is 12.4 Å². The number of likely N-dealkylation sites (N-methyl/N-ethyl adjacent to an activating group) is 1. The van der Waals surface area contributed by atoms with E-state index in [0.29, 0.717) is 6.54 Å². The van der Waals surface area contributed by atoms with Gasteiger partial charge in [-0.2, -0.15) is 0 Å². The zero-order valence-corrected chi connectivity index (χ0v) is 15.1. The van der Waals surface area contributed by atoms with Gasteiger partial charge in [-0.05, 0) is 42.0 Å². The zero-order valence-electron chi connectivity index (χ0n) is 12.7. The molecule has 2 aromatic rings. The van der Waals surface area contributed by atoms with Gasteiger partial charge in [-0.25, -0.2) is 0 Å². The molecule has 0 saturated carbocycles. The van der Waals surface area contributed by atoms with Crippen molar-refractivity contribution in [1.82, 2.24) is 4.90 Å². The molecule has 0 unspecified atom stereocenters. The Labute approximate surface area is 146 Å². The first-order chi connectivity index (χ1) is 10.9. The number of para-hydroxylation sites is 2. The van der Waals surface area contributed by atoms with Gasteiger partial charge in [0.2, 0.25) is 5.91 Å². The SMILES string of the molecule is C[C@H](C(=O)Nc1ccccc1[N+](=O)[O-])N(C)Cc1cc(Br)cs1. The van der Waals surface area contributed by atoms with Gasteiger partial charge >= 0.3 is 0 Å². The molecule has 1 aromatic heterocycles. The fourth-order valence-electron chi connectivity index (χ4n) is 2.00. The average molecular weight is 398 g/mol. The predicted molar refractivity (Wildman–Crippen MR) is 94.7 cm³/mol. The number of carbonyl (C=O) groups is 1. The third-order valence-electron chi connectivity index (χ3n) is 3.43. The summed E-state index contributed by atoms with van der Waals surface area (Å²) < 4.78 is 1.02. The van der Waals surface area contributed by atoms with Gasteiger partial charge in [0.05, 0.1) is 11.0 Å². The molecule has 23 heavy (non-hydrogen) atoms. The number of amides is 1. The number of rotatable bonds is 6. The molecule has 0 saturated heterocycles. The molecule has 8 heteroatoms. The van der Waals surface area contributed by atoms with Crippen molar-refractivity contribution in [3.8, 4) is 0 Å². The van der Waals surface area contributed by atoms with E-state index in [2.05, 4.69) is 21.2 Å². The van der Waals surface area contributed by atoms with Crippen molar-refractivity contribution in [2.45, 2.75) is 19.5 Å². The van der Waals surface area contributed by atoms with Crippen LogP contribution in [0, 0.1) is 10.1 Å². The molecule has 0 aliphatic rings. The van der Waals surface area contributed by atoms with Gasteiger partial charge in [-0.1, -0.05) is 12.1 Å². The summed E-state index contributed by atoms with van der Waals surface area (Å²) in [6, 6.07) is 7.70. The molecule has 0 aliphatic heterocycles. The Morgan fingerprint density at radius 2 is 2.17 bits per heavy atom. The topological polar surface area (TPSA) is 75.5 Å². The van der Waals surface area contributed by atoms with E-state index in [1.165, 1.54) is 12.1 Å². The molecule has 0 aliphatic carbocycles. The smallest absolute Gasteiger partial charge is 0.292 e. The van der Waals surface area contributed by atoms with Crippen LogP contribution in [0.15, 0.2) is 40.2 Å². The Kier molecular flexibility index (Phi) is 5.86. The summed E-state index contributed by atoms with van der Waals surface area (Å²) in [6.07, 6.45) is 0. The van der Waals surface area contributed by atoms with Crippen LogP contribution in [-0.2, 0) is 11.3 Å². The summed E-state index contributed by atoms with van der Waals surface area (Å²) in [6.45, 7) is 2.40. The molecular formula is C15H16BrN3O3S. The molecule has 0 radical (unpaired) electrons. The average Bonchev–Trinajstić information content (AvgIpc) is 2.91. The summed E-state index contributed by atoms with van der Waals surface area (Å²) in [4.78, 5) is 25.8. The van der Waals surface area contributed by atoms with E-state index in [1.54, 1.807) is 30.4 Å². The van der Waals surface area contributed by atoms with E-state index < -0.39 is 11.0 Å². The molecule has 1 N–H and O–H groups in total. The van der Waals surface area contributed by atoms with E-state index in [9.17, 15) is 14.9 Å². The van der Waals surface area contributed by atoms with Gasteiger partial charge in [-0.15, -0.1) is 11.3 Å². The number of nitro benzene ring substituents is 1. The minimum Gasteiger partial charge on any atom is -0.319 e. The second-order valence-electron chi connectivity index (χ2n) is 5.09. The van der Waals surface area contributed by atoms with Crippen LogP contribution in [0.2, 0.25) is 0 Å². The van der Waals surface area contributed by atoms with E-state index in [0.717, 1.165) is 9.35 Å². The van der Waals surface area contributed by atoms with E-state index in [1.807, 2.05) is 23.4 Å². The van der Waals surface area contributed by atoms with Gasteiger partial charge in [0.15, 0.2) is 0 Å². The third-order valence-corrected chi connectivity index (χ3v) is 5.11. The number of halogens is 1. The second kappa shape index (κ2) is 7.67. The molecule has 2 rings (SSSR count). The number of hydrogen-bond donors (Lipinski definition) is 1. The van der Waals surface area contributed by atoms with Crippen LogP contribution >= 0.6 is 27.3 Å². The number of nitrogens with zero attached hydrogens (tertiary/aromatic N) is 2. The van der Waals surface area contributed by atoms with Crippen LogP contribution in [0.3, 0.4) is 0 Å². The number of nitro groups is 1. The molecule has 6 nitrogen and oxygen atoms in total. The maximum absolute atomic E-state index is 12.3. The number of thiophene rings is 1. The van der Waals surface area contributed by atoms with Crippen molar-refractivity contribution in [3.05, 3.63) is 55.2 Å². The van der Waals surface area contributed by atoms with Crippen LogP contribution in [0.4, 0.5) is 11.4 Å². The highest BCUT2D eigenvalue weighted by Crippen LogP contribution is 2.24.